The molecule has 0 heterocycles. The summed E-state index contributed by atoms with van der Waals surface area (Å²) in [5, 5.41) is 0.711. The van der Waals surface area contributed by atoms with Gasteiger partial charge in [-0.25, -0.2) is 0 Å². The largest absolute Gasteiger partial charge is 0.102 e. The summed E-state index contributed by atoms with van der Waals surface area (Å²) in [5.74, 6) is 0.107. The van der Waals surface area contributed by atoms with Gasteiger partial charge in [-0.1, -0.05) is 23.7 Å². The highest BCUT2D eigenvalue weighted by Gasteiger charge is 2.03. The first-order valence-corrected chi connectivity index (χ1v) is 4.73. The van der Waals surface area contributed by atoms with E-state index in [0.717, 1.165) is 10.0 Å². The van der Waals surface area contributed by atoms with Gasteiger partial charge >= 0.3 is 0 Å². The van der Waals surface area contributed by atoms with E-state index in [1.54, 1.807) is 6.08 Å². The number of benzene rings is 1. The van der Waals surface area contributed by atoms with Crippen molar-refractivity contribution in [2.45, 2.75) is 5.92 Å². The summed E-state index contributed by atoms with van der Waals surface area (Å²) in [6, 6.07) is 5.79. The third kappa shape index (κ3) is 2.11. The summed E-state index contributed by atoms with van der Waals surface area (Å²) in [4.78, 5) is 0. The molecule has 63 valence electrons. The first-order chi connectivity index (χ1) is 5.65. The van der Waals surface area contributed by atoms with E-state index in [2.05, 4.69) is 29.4 Å². The Balaban J connectivity index is 3.04. The molecule has 0 saturated carbocycles. The van der Waals surface area contributed by atoms with Crippen LogP contribution in [0.1, 0.15) is 11.5 Å². The van der Waals surface area contributed by atoms with E-state index in [0.29, 0.717) is 5.02 Å². The summed E-state index contributed by atoms with van der Waals surface area (Å²) in [5.41, 5.74) is 1.08. The normalized spacial score (nSPS) is 12.6. The lowest BCUT2D eigenvalue weighted by atomic mass is 10.0. The van der Waals surface area contributed by atoms with Crippen LogP contribution in [0.15, 0.2) is 35.3 Å². The van der Waals surface area contributed by atoms with E-state index in [1.807, 2.05) is 18.2 Å². The van der Waals surface area contributed by atoms with E-state index >= 15 is 0 Å². The Morgan fingerprint density at radius 2 is 2.17 bits per heavy atom. The molecule has 0 amide bonds. The number of rotatable bonds is 2. The van der Waals surface area contributed by atoms with Crippen molar-refractivity contribution in [3.8, 4) is 0 Å². The fourth-order valence-electron chi connectivity index (χ4n) is 0.879. The molecule has 0 N–H and O–H groups in total. The molecular formula is C10H9BrCl. The third-order valence-corrected chi connectivity index (χ3v) is 2.89. The minimum Gasteiger partial charge on any atom is -0.102 e. The van der Waals surface area contributed by atoms with Gasteiger partial charge in [0.25, 0.3) is 0 Å². The molecule has 0 bridgehead atoms. The molecule has 0 nitrogen and oxygen atoms in total. The summed E-state index contributed by atoms with van der Waals surface area (Å²) >= 11 is 9.23. The van der Waals surface area contributed by atoms with Gasteiger partial charge in [0.1, 0.15) is 0 Å². The lowest BCUT2D eigenvalue weighted by molar-refractivity contribution is 1.08. The quantitative estimate of drug-likeness (QED) is 0.684. The van der Waals surface area contributed by atoms with Crippen LogP contribution in [-0.4, -0.2) is 0 Å². The van der Waals surface area contributed by atoms with Crippen LogP contribution in [0.25, 0.3) is 0 Å². The lowest BCUT2D eigenvalue weighted by Gasteiger charge is -2.06. The van der Waals surface area contributed by atoms with Crippen LogP contribution in [0.4, 0.5) is 0 Å². The predicted octanol–water partition coefficient (Wildman–Crippen LogP) is 4.21. The molecular weight excluding hydrogens is 235 g/mol. The van der Waals surface area contributed by atoms with Gasteiger partial charge in [-0.2, -0.15) is 0 Å². The molecule has 0 spiro atoms. The first kappa shape index (κ1) is 9.82. The zero-order valence-corrected chi connectivity index (χ0v) is 8.90. The summed E-state index contributed by atoms with van der Waals surface area (Å²) in [7, 11) is 0. The van der Waals surface area contributed by atoms with Gasteiger partial charge in [0.2, 0.25) is 0 Å². The van der Waals surface area contributed by atoms with Crippen LogP contribution in [0.5, 0.6) is 0 Å². The molecule has 1 aromatic carbocycles. The second kappa shape index (κ2) is 4.11. The molecule has 2 heteroatoms. The Bertz CT molecular complexity index is 294. The molecule has 0 aliphatic heterocycles. The Morgan fingerprint density at radius 3 is 2.67 bits per heavy atom. The van der Waals surface area contributed by atoms with Gasteiger partial charge < -0.3 is 0 Å². The lowest BCUT2D eigenvalue weighted by Crippen LogP contribution is -1.88. The molecule has 0 fully saturated rings. The SMILES string of the molecule is [CH2]C(C=C)c1ccc(Br)c(Cl)c1. The monoisotopic (exact) mass is 243 g/mol. The molecule has 1 atom stereocenters. The smallest absolute Gasteiger partial charge is 0.0551 e. The van der Waals surface area contributed by atoms with Gasteiger partial charge in [-0.05, 0) is 40.5 Å². The van der Waals surface area contributed by atoms with Gasteiger partial charge in [0.15, 0.2) is 0 Å². The van der Waals surface area contributed by atoms with Crippen molar-refractivity contribution in [3.05, 3.63) is 52.8 Å². The van der Waals surface area contributed by atoms with Crippen molar-refractivity contribution in [2.24, 2.45) is 0 Å². The van der Waals surface area contributed by atoms with E-state index in [4.69, 9.17) is 11.6 Å². The summed E-state index contributed by atoms with van der Waals surface area (Å²) in [6.07, 6.45) is 1.79. The van der Waals surface area contributed by atoms with Gasteiger partial charge in [0.05, 0.1) is 5.02 Å². The minimum absolute atomic E-state index is 0.107. The van der Waals surface area contributed by atoms with Crippen molar-refractivity contribution in [1.82, 2.24) is 0 Å². The molecule has 1 unspecified atom stereocenters. The topological polar surface area (TPSA) is 0 Å². The number of hydrogen-bond donors (Lipinski definition) is 0. The van der Waals surface area contributed by atoms with Gasteiger partial charge in [-0.15, -0.1) is 6.58 Å². The van der Waals surface area contributed by atoms with E-state index in [9.17, 15) is 0 Å². The Morgan fingerprint density at radius 1 is 1.50 bits per heavy atom. The zero-order chi connectivity index (χ0) is 9.14. The third-order valence-electron chi connectivity index (χ3n) is 1.66. The van der Waals surface area contributed by atoms with Crippen LogP contribution in [-0.2, 0) is 0 Å². The molecule has 1 rings (SSSR count). The minimum atomic E-state index is 0.107. The Hall–Kier alpha value is -0.270. The molecule has 1 radical (unpaired) electrons. The van der Waals surface area contributed by atoms with Crippen LogP contribution < -0.4 is 0 Å². The van der Waals surface area contributed by atoms with Crippen molar-refractivity contribution >= 4 is 27.5 Å². The van der Waals surface area contributed by atoms with Crippen LogP contribution in [0, 0.1) is 6.92 Å². The van der Waals surface area contributed by atoms with Crippen molar-refractivity contribution in [2.75, 3.05) is 0 Å². The maximum absolute atomic E-state index is 5.91. The molecule has 0 aromatic heterocycles. The summed E-state index contributed by atoms with van der Waals surface area (Å²) < 4.78 is 0.907. The van der Waals surface area contributed by atoms with Gasteiger partial charge in [-0.3, -0.25) is 0 Å². The Kier molecular flexibility index (Phi) is 3.36. The fourth-order valence-corrected chi connectivity index (χ4v) is 1.31. The zero-order valence-electron chi connectivity index (χ0n) is 6.56. The highest BCUT2D eigenvalue weighted by Crippen LogP contribution is 2.26. The standard InChI is InChI=1S/C10H9BrCl/c1-3-7(2)8-4-5-9(11)10(12)6-8/h3-7H,1-2H2. The second-order valence-corrected chi connectivity index (χ2v) is 3.78. The average Bonchev–Trinajstić information content (AvgIpc) is 2.08. The maximum atomic E-state index is 5.91. The molecule has 0 aliphatic rings. The van der Waals surface area contributed by atoms with E-state index in [-0.39, 0.29) is 5.92 Å². The fraction of sp³-hybridized carbons (Fsp3) is 0.100. The van der Waals surface area contributed by atoms with Crippen LogP contribution in [0.3, 0.4) is 0 Å². The highest BCUT2D eigenvalue weighted by atomic mass is 79.9. The Labute approximate surface area is 86.4 Å². The predicted molar refractivity (Wildman–Crippen MR) is 57.4 cm³/mol. The summed E-state index contributed by atoms with van der Waals surface area (Å²) in [6.45, 7) is 7.58. The van der Waals surface area contributed by atoms with Crippen LogP contribution in [0.2, 0.25) is 5.02 Å². The molecule has 12 heavy (non-hydrogen) atoms. The van der Waals surface area contributed by atoms with E-state index in [1.165, 1.54) is 0 Å². The van der Waals surface area contributed by atoms with Crippen molar-refractivity contribution in [3.63, 3.8) is 0 Å². The highest BCUT2D eigenvalue weighted by molar-refractivity contribution is 9.10. The molecule has 1 aromatic rings. The second-order valence-electron chi connectivity index (χ2n) is 2.52. The maximum Gasteiger partial charge on any atom is 0.0551 e. The molecule has 0 aliphatic carbocycles. The van der Waals surface area contributed by atoms with Crippen molar-refractivity contribution in [1.29, 1.82) is 0 Å². The van der Waals surface area contributed by atoms with Gasteiger partial charge in [0, 0.05) is 10.4 Å². The molecule has 0 saturated heterocycles. The van der Waals surface area contributed by atoms with E-state index < -0.39 is 0 Å². The van der Waals surface area contributed by atoms with Crippen molar-refractivity contribution < 1.29 is 0 Å². The first-order valence-electron chi connectivity index (χ1n) is 3.55. The van der Waals surface area contributed by atoms with Crippen LogP contribution >= 0.6 is 27.5 Å². The number of hydrogen-bond acceptors (Lipinski definition) is 0. The number of halogens is 2. The average molecular weight is 245 g/mol. The number of allylic oxidation sites excluding steroid dienone is 1.